The molecule has 18 heavy (non-hydrogen) atoms. The highest BCUT2D eigenvalue weighted by Crippen LogP contribution is 2.23. The second kappa shape index (κ2) is 6.54. The summed E-state index contributed by atoms with van der Waals surface area (Å²) >= 11 is 0.948. The molecule has 1 aromatic heterocycles. The molecule has 0 spiro atoms. The van der Waals surface area contributed by atoms with Crippen molar-refractivity contribution in [3.8, 4) is 0 Å². The predicted molar refractivity (Wildman–Crippen MR) is 73.8 cm³/mol. The lowest BCUT2D eigenvalue weighted by atomic mass is 10.1. The molecule has 4 nitrogen and oxygen atoms in total. The Bertz CT molecular complexity index is 508. The Morgan fingerprint density at radius 3 is 2.67 bits per heavy atom. The van der Waals surface area contributed by atoms with Crippen molar-refractivity contribution in [1.82, 2.24) is 5.32 Å². The minimum atomic E-state index is -3.74. The summed E-state index contributed by atoms with van der Waals surface area (Å²) in [7, 11) is 1.45. The number of halogens is 1. The van der Waals surface area contributed by atoms with Crippen LogP contribution in [0.25, 0.3) is 0 Å². The van der Waals surface area contributed by atoms with Gasteiger partial charge in [0.05, 0.1) is 5.56 Å². The summed E-state index contributed by atoms with van der Waals surface area (Å²) in [5.74, 6) is 0.345. The molecule has 1 heterocycles. The van der Waals surface area contributed by atoms with E-state index in [4.69, 9.17) is 10.7 Å². The molecule has 1 N–H and O–H groups in total. The van der Waals surface area contributed by atoms with Crippen LogP contribution < -0.4 is 5.32 Å². The summed E-state index contributed by atoms with van der Waals surface area (Å²) in [5, 5.41) is 4.24. The number of carbonyl (C=O) groups excluding carboxylic acids is 1. The maximum atomic E-state index is 11.7. The summed E-state index contributed by atoms with van der Waals surface area (Å²) in [6, 6.07) is 1.30. The van der Waals surface area contributed by atoms with Gasteiger partial charge >= 0.3 is 0 Å². The quantitative estimate of drug-likeness (QED) is 0.649. The maximum absolute atomic E-state index is 11.7. The van der Waals surface area contributed by atoms with Crippen LogP contribution in [0.1, 0.15) is 37.0 Å². The van der Waals surface area contributed by atoms with Crippen molar-refractivity contribution < 1.29 is 13.2 Å². The highest BCUT2D eigenvalue weighted by molar-refractivity contribution is 8.15. The average molecular weight is 310 g/mol. The lowest BCUT2D eigenvalue weighted by molar-refractivity contribution is 0.0953. The van der Waals surface area contributed by atoms with Gasteiger partial charge in [-0.25, -0.2) is 8.42 Å². The zero-order valence-corrected chi connectivity index (χ0v) is 12.7. The van der Waals surface area contributed by atoms with Crippen LogP contribution in [0.5, 0.6) is 0 Å². The van der Waals surface area contributed by atoms with Crippen molar-refractivity contribution in [3.05, 3.63) is 17.0 Å². The fourth-order valence-corrected chi connectivity index (χ4v) is 3.32. The van der Waals surface area contributed by atoms with Crippen molar-refractivity contribution in [2.45, 2.75) is 30.9 Å². The normalized spacial score (nSPS) is 11.8. The van der Waals surface area contributed by atoms with Crippen LogP contribution in [-0.2, 0) is 9.05 Å². The third-order valence-corrected chi connectivity index (χ3v) is 5.36. The smallest absolute Gasteiger partial charge is 0.270 e. The van der Waals surface area contributed by atoms with E-state index < -0.39 is 9.05 Å². The Labute approximate surface area is 116 Å². The molecule has 0 fully saturated rings. The number of rotatable bonds is 6. The van der Waals surface area contributed by atoms with Gasteiger partial charge < -0.3 is 5.32 Å². The molecule has 0 bridgehead atoms. The van der Waals surface area contributed by atoms with Gasteiger partial charge in [0.15, 0.2) is 0 Å². The third-order valence-electron chi connectivity index (χ3n) is 2.32. The zero-order valence-electron chi connectivity index (χ0n) is 10.3. The van der Waals surface area contributed by atoms with Crippen LogP contribution >= 0.6 is 22.0 Å². The Morgan fingerprint density at radius 2 is 2.17 bits per heavy atom. The topological polar surface area (TPSA) is 63.2 Å². The molecule has 0 atom stereocenters. The van der Waals surface area contributed by atoms with E-state index in [1.807, 2.05) is 0 Å². The van der Waals surface area contributed by atoms with Crippen molar-refractivity contribution in [2.24, 2.45) is 5.92 Å². The molecule has 0 aliphatic heterocycles. The Balaban J connectivity index is 2.50. The molecule has 0 saturated heterocycles. The second-order valence-corrected chi connectivity index (χ2v) is 8.09. The monoisotopic (exact) mass is 309 g/mol. The first-order chi connectivity index (χ1) is 8.30. The van der Waals surface area contributed by atoms with Crippen LogP contribution in [-0.4, -0.2) is 20.9 Å². The van der Waals surface area contributed by atoms with Gasteiger partial charge in [0.2, 0.25) is 0 Å². The molecule has 0 aromatic carbocycles. The van der Waals surface area contributed by atoms with Crippen LogP contribution in [0.4, 0.5) is 0 Å². The second-order valence-electron chi connectivity index (χ2n) is 4.38. The van der Waals surface area contributed by atoms with E-state index in [2.05, 4.69) is 19.2 Å². The minimum absolute atomic E-state index is 0.00324. The van der Waals surface area contributed by atoms with Crippen molar-refractivity contribution in [1.29, 1.82) is 0 Å². The summed E-state index contributed by atoms with van der Waals surface area (Å²) in [4.78, 5) is 11.7. The lowest BCUT2D eigenvalue weighted by Gasteiger charge is -2.05. The largest absolute Gasteiger partial charge is 0.352 e. The standard InChI is InChI=1S/C11H16ClNO3S2/c1-8(2)4-3-5-13-11(14)9-6-10(17-7-9)18(12,15)16/h6-8H,3-5H2,1-2H3,(H,13,14). The van der Waals surface area contributed by atoms with Crippen molar-refractivity contribution in [2.75, 3.05) is 6.54 Å². The summed E-state index contributed by atoms with van der Waals surface area (Å²) in [6.07, 6.45) is 1.96. The molecule has 1 aromatic rings. The first-order valence-electron chi connectivity index (χ1n) is 5.62. The molecule has 102 valence electrons. The molecule has 7 heteroatoms. The fraction of sp³-hybridized carbons (Fsp3) is 0.545. The van der Waals surface area contributed by atoms with Crippen LogP contribution in [0.2, 0.25) is 0 Å². The van der Waals surface area contributed by atoms with E-state index in [-0.39, 0.29) is 10.1 Å². The van der Waals surface area contributed by atoms with Gasteiger partial charge in [-0.1, -0.05) is 13.8 Å². The van der Waals surface area contributed by atoms with Crippen LogP contribution in [0.3, 0.4) is 0 Å². The average Bonchev–Trinajstić information content (AvgIpc) is 2.72. The van der Waals surface area contributed by atoms with E-state index in [1.54, 1.807) is 0 Å². The van der Waals surface area contributed by atoms with Gasteiger partial charge in [-0.15, -0.1) is 11.3 Å². The Morgan fingerprint density at radius 1 is 1.50 bits per heavy atom. The molecule has 0 unspecified atom stereocenters. The number of nitrogens with one attached hydrogen (secondary N) is 1. The molecule has 1 rings (SSSR count). The van der Waals surface area contributed by atoms with Crippen molar-refractivity contribution in [3.63, 3.8) is 0 Å². The number of hydrogen-bond acceptors (Lipinski definition) is 4. The molecular weight excluding hydrogens is 294 g/mol. The number of hydrogen-bond donors (Lipinski definition) is 1. The van der Waals surface area contributed by atoms with Gasteiger partial charge in [-0.05, 0) is 24.8 Å². The van der Waals surface area contributed by atoms with E-state index >= 15 is 0 Å². The summed E-state index contributed by atoms with van der Waals surface area (Å²) in [5.41, 5.74) is 0.337. The van der Waals surface area contributed by atoms with Gasteiger partial charge in [-0.3, -0.25) is 4.79 Å². The van der Waals surface area contributed by atoms with Crippen LogP contribution in [0.15, 0.2) is 15.7 Å². The van der Waals surface area contributed by atoms with Crippen LogP contribution in [0, 0.1) is 5.92 Å². The molecule has 0 radical (unpaired) electrons. The summed E-state index contributed by atoms with van der Waals surface area (Å²) in [6.45, 7) is 4.84. The first kappa shape index (κ1) is 15.5. The van der Waals surface area contributed by atoms with Gasteiger partial charge in [-0.2, -0.15) is 0 Å². The molecular formula is C11H16ClNO3S2. The molecule has 0 saturated carbocycles. The fourth-order valence-electron chi connectivity index (χ4n) is 1.38. The van der Waals surface area contributed by atoms with E-state index in [0.717, 1.165) is 24.2 Å². The maximum Gasteiger partial charge on any atom is 0.270 e. The Kier molecular flexibility index (Phi) is 5.62. The molecule has 0 aliphatic rings. The SMILES string of the molecule is CC(C)CCCNC(=O)c1csc(S(=O)(=O)Cl)c1. The van der Waals surface area contributed by atoms with E-state index in [1.165, 1.54) is 11.4 Å². The highest BCUT2D eigenvalue weighted by Gasteiger charge is 2.16. The van der Waals surface area contributed by atoms with E-state index in [9.17, 15) is 13.2 Å². The molecule has 0 aliphatic carbocycles. The van der Waals surface area contributed by atoms with Gasteiger partial charge in [0.25, 0.3) is 15.0 Å². The lowest BCUT2D eigenvalue weighted by Crippen LogP contribution is -2.24. The predicted octanol–water partition coefficient (Wildman–Crippen LogP) is 2.84. The minimum Gasteiger partial charge on any atom is -0.352 e. The van der Waals surface area contributed by atoms with Gasteiger partial charge in [0.1, 0.15) is 4.21 Å². The van der Waals surface area contributed by atoms with Gasteiger partial charge in [0, 0.05) is 22.6 Å². The zero-order chi connectivity index (χ0) is 13.8. The first-order valence-corrected chi connectivity index (χ1v) is 8.81. The number of thiophene rings is 1. The van der Waals surface area contributed by atoms with Crippen molar-refractivity contribution >= 4 is 37.0 Å². The Hall–Kier alpha value is -0.590. The number of carbonyl (C=O) groups is 1. The van der Waals surface area contributed by atoms with E-state index in [0.29, 0.717) is 18.0 Å². The molecule has 1 amide bonds. The third kappa shape index (κ3) is 4.96. The summed E-state index contributed by atoms with van der Waals surface area (Å²) < 4.78 is 22.1. The highest BCUT2D eigenvalue weighted by atomic mass is 35.7. The number of amides is 1.